The number of rotatable bonds is 11. The summed E-state index contributed by atoms with van der Waals surface area (Å²) in [6.07, 6.45) is 14.4. The number of quaternary nitrogens is 1. The van der Waals surface area contributed by atoms with Crippen molar-refractivity contribution in [1.29, 1.82) is 0 Å². The zero-order valence-electron chi connectivity index (χ0n) is 16.9. The van der Waals surface area contributed by atoms with E-state index in [1.54, 1.807) is 0 Å². The van der Waals surface area contributed by atoms with Crippen molar-refractivity contribution in [2.24, 2.45) is 0 Å². The zero-order chi connectivity index (χ0) is 20.0. The molecule has 2 nitrogen and oxygen atoms in total. The first-order chi connectivity index (χ1) is 12.2. The Labute approximate surface area is 176 Å². The Balaban J connectivity index is 0.000000531. The van der Waals surface area contributed by atoms with Gasteiger partial charge in [0, 0.05) is 0 Å². The Kier molecular flexibility index (Phi) is 14.8. The molecule has 1 aromatic carbocycles. The van der Waals surface area contributed by atoms with Crippen LogP contribution in [0.4, 0.5) is 0 Å². The van der Waals surface area contributed by atoms with Crippen molar-refractivity contribution in [2.45, 2.75) is 71.1 Å². The smallest absolute Gasteiger partial charge is 0.0780 e. The van der Waals surface area contributed by atoms with Crippen LogP contribution in [0.2, 0.25) is 15.1 Å². The van der Waals surface area contributed by atoms with Crippen molar-refractivity contribution < 1.29 is 9.59 Å². The molecule has 0 atom stereocenters. The van der Waals surface area contributed by atoms with Gasteiger partial charge in [-0.1, -0.05) is 105 Å². The third kappa shape index (κ3) is 14.0. The topological polar surface area (TPSA) is 23.1 Å². The van der Waals surface area contributed by atoms with Crippen LogP contribution in [-0.2, 0) is 0 Å². The van der Waals surface area contributed by atoms with E-state index in [-0.39, 0.29) is 15.8 Å². The lowest BCUT2D eigenvalue weighted by molar-refractivity contribution is -0.870. The Morgan fingerprint density at radius 1 is 0.731 bits per heavy atom. The largest absolute Gasteiger partial charge is 0.871 e. The van der Waals surface area contributed by atoms with Gasteiger partial charge >= 0.3 is 0 Å². The Hall–Kier alpha value is -0.150. The first kappa shape index (κ1) is 25.9. The summed E-state index contributed by atoms with van der Waals surface area (Å²) in [6.45, 7) is 3.62. The van der Waals surface area contributed by atoms with Crippen LogP contribution in [-0.4, -0.2) is 32.2 Å². The van der Waals surface area contributed by atoms with Crippen LogP contribution >= 0.6 is 34.8 Å². The summed E-state index contributed by atoms with van der Waals surface area (Å²) in [5.74, 6) is -0.309. The van der Waals surface area contributed by atoms with E-state index < -0.39 is 0 Å². The standard InChI is InChI=1S/C15H34N.C6H3Cl3O/c1-5-6-7-8-9-10-11-12-13-14-15-16(2,3)4;7-3-1-2-4(10)6(9)5(3)8/h5-15H2,1-4H3;1-2,10H/q+1;/p-1. The van der Waals surface area contributed by atoms with Crippen LogP contribution in [0.3, 0.4) is 0 Å². The van der Waals surface area contributed by atoms with Gasteiger partial charge in [0.2, 0.25) is 0 Å². The van der Waals surface area contributed by atoms with Gasteiger partial charge in [-0.3, -0.25) is 0 Å². The van der Waals surface area contributed by atoms with Gasteiger partial charge in [-0.25, -0.2) is 0 Å². The minimum Gasteiger partial charge on any atom is -0.871 e. The van der Waals surface area contributed by atoms with E-state index in [0.717, 1.165) is 4.48 Å². The predicted octanol–water partition coefficient (Wildman–Crippen LogP) is 7.33. The maximum Gasteiger partial charge on any atom is 0.0780 e. The molecule has 0 saturated carbocycles. The van der Waals surface area contributed by atoms with Crippen molar-refractivity contribution in [3.8, 4) is 5.75 Å². The SMILES string of the molecule is CCCCCCCCCCCC[N+](C)(C)C.[O-]c1ccc(Cl)c(Cl)c1Cl. The lowest BCUT2D eigenvalue weighted by Crippen LogP contribution is -2.35. The average Bonchev–Trinajstić information content (AvgIpc) is 2.58. The molecule has 0 aliphatic carbocycles. The van der Waals surface area contributed by atoms with E-state index in [1.807, 2.05) is 0 Å². The minimum absolute atomic E-state index is 0.0193. The summed E-state index contributed by atoms with van der Waals surface area (Å²) in [7, 11) is 6.86. The molecular weight excluding hydrogens is 389 g/mol. The number of benzene rings is 1. The van der Waals surface area contributed by atoms with Gasteiger partial charge in [0.15, 0.2) is 0 Å². The molecule has 152 valence electrons. The van der Waals surface area contributed by atoms with Gasteiger partial charge < -0.3 is 9.59 Å². The molecule has 0 aliphatic rings. The van der Waals surface area contributed by atoms with Gasteiger partial charge in [-0.15, -0.1) is 0 Å². The summed E-state index contributed by atoms with van der Waals surface area (Å²) in [5, 5.41) is 11.1. The van der Waals surface area contributed by atoms with Crippen molar-refractivity contribution in [2.75, 3.05) is 27.7 Å². The number of hydrogen-bond donors (Lipinski definition) is 0. The van der Waals surface area contributed by atoms with Crippen molar-refractivity contribution in [3.05, 3.63) is 27.2 Å². The molecule has 0 bridgehead atoms. The molecule has 0 saturated heterocycles. The molecule has 5 heteroatoms. The highest BCUT2D eigenvalue weighted by atomic mass is 35.5. The van der Waals surface area contributed by atoms with Crippen molar-refractivity contribution >= 4 is 34.8 Å². The molecule has 1 rings (SSSR count). The highest BCUT2D eigenvalue weighted by molar-refractivity contribution is 6.48. The molecule has 0 spiro atoms. The normalized spacial score (nSPS) is 11.2. The molecule has 0 fully saturated rings. The third-order valence-electron chi connectivity index (χ3n) is 4.18. The number of halogens is 3. The second kappa shape index (κ2) is 14.9. The quantitative estimate of drug-likeness (QED) is 0.207. The molecule has 0 aliphatic heterocycles. The molecule has 1 aromatic rings. The van der Waals surface area contributed by atoms with Gasteiger partial charge in [-0.05, 0) is 18.9 Å². The van der Waals surface area contributed by atoms with Crippen LogP contribution in [0.1, 0.15) is 71.1 Å². The highest BCUT2D eigenvalue weighted by Crippen LogP contribution is 2.34. The van der Waals surface area contributed by atoms with Gasteiger partial charge in [-0.2, -0.15) is 0 Å². The maximum absolute atomic E-state index is 10.7. The molecule has 0 aromatic heterocycles. The second-order valence-corrected chi connectivity index (χ2v) is 9.03. The van der Waals surface area contributed by atoms with E-state index in [1.165, 1.54) is 82.9 Å². The lowest BCUT2D eigenvalue weighted by Gasteiger charge is -2.23. The summed E-state index contributed by atoms with van der Waals surface area (Å²) in [4.78, 5) is 0. The van der Waals surface area contributed by atoms with Gasteiger partial charge in [0.25, 0.3) is 0 Å². The summed E-state index contributed by atoms with van der Waals surface area (Å²) < 4.78 is 1.12. The molecule has 26 heavy (non-hydrogen) atoms. The number of hydrogen-bond acceptors (Lipinski definition) is 1. The second-order valence-electron chi connectivity index (χ2n) is 7.87. The maximum atomic E-state index is 10.7. The van der Waals surface area contributed by atoms with Crippen molar-refractivity contribution in [3.63, 3.8) is 0 Å². The Morgan fingerprint density at radius 2 is 1.19 bits per heavy atom. The Bertz CT molecular complexity index is 460. The summed E-state index contributed by atoms with van der Waals surface area (Å²) in [6, 6.07) is 2.69. The summed E-state index contributed by atoms with van der Waals surface area (Å²) >= 11 is 16.5. The molecule has 0 unspecified atom stereocenters. The van der Waals surface area contributed by atoms with Gasteiger partial charge in [0.1, 0.15) is 0 Å². The van der Waals surface area contributed by atoms with E-state index in [9.17, 15) is 5.11 Å². The first-order valence-corrected chi connectivity index (χ1v) is 10.9. The number of nitrogens with zero attached hydrogens (tertiary/aromatic N) is 1. The van der Waals surface area contributed by atoms with Crippen LogP contribution in [0.5, 0.6) is 5.75 Å². The first-order valence-electron chi connectivity index (χ1n) is 9.80. The lowest BCUT2D eigenvalue weighted by atomic mass is 10.1. The zero-order valence-corrected chi connectivity index (χ0v) is 19.2. The van der Waals surface area contributed by atoms with Crippen LogP contribution < -0.4 is 5.11 Å². The molecule has 0 radical (unpaired) electrons. The predicted molar refractivity (Wildman–Crippen MR) is 116 cm³/mol. The van der Waals surface area contributed by atoms with Crippen LogP contribution in [0, 0.1) is 0 Å². The third-order valence-corrected chi connectivity index (χ3v) is 5.46. The monoisotopic (exact) mass is 423 g/mol. The van der Waals surface area contributed by atoms with Gasteiger partial charge in [0.05, 0.1) is 42.8 Å². The molecule has 0 heterocycles. The fourth-order valence-corrected chi connectivity index (χ4v) is 3.11. The molecule has 0 N–H and O–H groups in total. The van der Waals surface area contributed by atoms with Crippen LogP contribution in [0.15, 0.2) is 12.1 Å². The van der Waals surface area contributed by atoms with E-state index in [2.05, 4.69) is 28.1 Å². The average molecular weight is 425 g/mol. The number of unbranched alkanes of at least 4 members (excludes halogenated alkanes) is 9. The highest BCUT2D eigenvalue weighted by Gasteiger charge is 2.05. The van der Waals surface area contributed by atoms with E-state index in [4.69, 9.17) is 34.8 Å². The van der Waals surface area contributed by atoms with Crippen molar-refractivity contribution in [1.82, 2.24) is 0 Å². The fourth-order valence-electron chi connectivity index (χ4n) is 2.58. The van der Waals surface area contributed by atoms with Crippen LogP contribution in [0.25, 0.3) is 0 Å². The fraction of sp³-hybridized carbons (Fsp3) is 0.714. The van der Waals surface area contributed by atoms with E-state index >= 15 is 0 Å². The molecular formula is C21H36Cl3NO. The Morgan fingerprint density at radius 3 is 1.62 bits per heavy atom. The van der Waals surface area contributed by atoms with E-state index in [0.29, 0.717) is 5.02 Å². The summed E-state index contributed by atoms with van der Waals surface area (Å²) in [5.41, 5.74) is 0. The molecule has 0 amide bonds. The minimum atomic E-state index is -0.309.